The van der Waals surface area contributed by atoms with Crippen molar-refractivity contribution in [3.05, 3.63) is 11.4 Å². The zero-order chi connectivity index (χ0) is 13.8. The second kappa shape index (κ2) is 4.21. The summed E-state index contributed by atoms with van der Waals surface area (Å²) in [6, 6.07) is 0.194. The molecule has 0 aromatic carbocycles. The number of hydrogen-bond acceptors (Lipinski definition) is 4. The number of H-pyrrole nitrogens is 1. The number of nitrogens with one attached hydrogen (secondary N) is 1. The summed E-state index contributed by atoms with van der Waals surface area (Å²) in [7, 11) is 3.15. The predicted octanol–water partition coefficient (Wildman–Crippen LogP) is 1.45. The van der Waals surface area contributed by atoms with E-state index >= 15 is 0 Å². The minimum Gasteiger partial charge on any atom is -0.337 e. The van der Waals surface area contributed by atoms with E-state index in [1.54, 1.807) is 11.9 Å². The van der Waals surface area contributed by atoms with Crippen LogP contribution in [-0.4, -0.2) is 42.5 Å². The molecule has 0 bridgehead atoms. The third-order valence-corrected chi connectivity index (χ3v) is 4.96. The number of hydrogen-bond donors (Lipinski definition) is 1. The van der Waals surface area contributed by atoms with Crippen molar-refractivity contribution >= 4 is 25.6 Å². The SMILES string of the molecule is CN(C(=O)c1n[nH]c(C2CC2)c1S(=O)(=O)Cl)C1CC1. The molecule has 2 saturated carbocycles. The quantitative estimate of drug-likeness (QED) is 0.853. The van der Waals surface area contributed by atoms with Gasteiger partial charge in [-0.1, -0.05) is 0 Å². The van der Waals surface area contributed by atoms with Crippen molar-refractivity contribution in [2.24, 2.45) is 0 Å². The normalized spacial score (nSPS) is 19.5. The van der Waals surface area contributed by atoms with Crippen molar-refractivity contribution in [2.45, 2.75) is 42.5 Å². The van der Waals surface area contributed by atoms with Gasteiger partial charge in [0.15, 0.2) is 5.69 Å². The number of rotatable bonds is 4. The van der Waals surface area contributed by atoms with Gasteiger partial charge in [-0.05, 0) is 25.7 Å². The van der Waals surface area contributed by atoms with Crippen molar-refractivity contribution in [3.63, 3.8) is 0 Å². The Balaban J connectivity index is 2.03. The topological polar surface area (TPSA) is 83.1 Å². The van der Waals surface area contributed by atoms with E-state index in [-0.39, 0.29) is 28.5 Å². The Bertz CT molecular complexity index is 632. The zero-order valence-corrected chi connectivity index (χ0v) is 12.0. The highest BCUT2D eigenvalue weighted by Gasteiger charge is 2.39. The molecule has 0 saturated heterocycles. The number of aromatic amines is 1. The Labute approximate surface area is 115 Å². The Morgan fingerprint density at radius 2 is 2.00 bits per heavy atom. The molecule has 2 aliphatic carbocycles. The maximum atomic E-state index is 12.3. The highest BCUT2D eigenvalue weighted by atomic mass is 35.7. The maximum absolute atomic E-state index is 12.3. The number of amides is 1. The largest absolute Gasteiger partial charge is 0.337 e. The summed E-state index contributed by atoms with van der Waals surface area (Å²) < 4.78 is 23.4. The predicted molar refractivity (Wildman–Crippen MR) is 68.7 cm³/mol. The average molecular weight is 304 g/mol. The summed E-state index contributed by atoms with van der Waals surface area (Å²) in [6.45, 7) is 0. The first-order valence-corrected chi connectivity index (χ1v) is 8.50. The van der Waals surface area contributed by atoms with E-state index in [1.807, 2.05) is 0 Å². The smallest absolute Gasteiger partial charge is 0.275 e. The number of nitrogens with zero attached hydrogens (tertiary/aromatic N) is 2. The summed E-state index contributed by atoms with van der Waals surface area (Å²) in [6.07, 6.45) is 3.69. The van der Waals surface area contributed by atoms with Gasteiger partial charge in [0.05, 0.1) is 5.69 Å². The number of halogens is 1. The molecule has 1 aromatic rings. The van der Waals surface area contributed by atoms with Crippen molar-refractivity contribution in [2.75, 3.05) is 7.05 Å². The first-order valence-electron chi connectivity index (χ1n) is 6.19. The number of aromatic nitrogens is 2. The Morgan fingerprint density at radius 1 is 1.37 bits per heavy atom. The highest BCUT2D eigenvalue weighted by molar-refractivity contribution is 8.13. The van der Waals surface area contributed by atoms with Crippen molar-refractivity contribution in [3.8, 4) is 0 Å². The Morgan fingerprint density at radius 3 is 2.47 bits per heavy atom. The molecule has 2 fully saturated rings. The summed E-state index contributed by atoms with van der Waals surface area (Å²) in [5.74, 6) is -0.256. The lowest BCUT2D eigenvalue weighted by Gasteiger charge is -2.14. The second-order valence-electron chi connectivity index (χ2n) is 5.17. The van der Waals surface area contributed by atoms with Gasteiger partial charge in [-0.2, -0.15) is 5.10 Å². The molecule has 0 radical (unpaired) electrons. The lowest BCUT2D eigenvalue weighted by atomic mass is 10.2. The summed E-state index contributed by atoms with van der Waals surface area (Å²) >= 11 is 0. The van der Waals surface area contributed by atoms with E-state index in [0.29, 0.717) is 5.69 Å². The minimum absolute atomic E-state index is 0.0775. The van der Waals surface area contributed by atoms with Gasteiger partial charge in [-0.15, -0.1) is 0 Å². The van der Waals surface area contributed by atoms with Crippen LogP contribution in [0.1, 0.15) is 47.8 Å². The van der Waals surface area contributed by atoms with Crippen LogP contribution in [0.2, 0.25) is 0 Å². The van der Waals surface area contributed by atoms with E-state index in [9.17, 15) is 13.2 Å². The lowest BCUT2D eigenvalue weighted by molar-refractivity contribution is 0.0775. The first-order chi connectivity index (χ1) is 8.89. The summed E-state index contributed by atoms with van der Waals surface area (Å²) in [5, 5.41) is 6.57. The molecule has 0 spiro atoms. The molecule has 3 rings (SSSR count). The molecule has 0 atom stereocenters. The molecule has 19 heavy (non-hydrogen) atoms. The first kappa shape index (κ1) is 12.9. The highest BCUT2D eigenvalue weighted by Crippen LogP contribution is 2.43. The molecular weight excluding hydrogens is 290 g/mol. The van der Waals surface area contributed by atoms with Crippen molar-refractivity contribution < 1.29 is 13.2 Å². The van der Waals surface area contributed by atoms with E-state index in [1.165, 1.54) is 0 Å². The van der Waals surface area contributed by atoms with Crippen LogP contribution in [0.4, 0.5) is 0 Å². The van der Waals surface area contributed by atoms with Crippen LogP contribution < -0.4 is 0 Å². The zero-order valence-electron chi connectivity index (χ0n) is 10.4. The molecule has 0 unspecified atom stereocenters. The second-order valence-corrected chi connectivity index (χ2v) is 7.68. The third kappa shape index (κ3) is 2.36. The van der Waals surface area contributed by atoms with Crippen LogP contribution in [0.3, 0.4) is 0 Å². The van der Waals surface area contributed by atoms with E-state index in [2.05, 4.69) is 10.2 Å². The summed E-state index contributed by atoms with van der Waals surface area (Å²) in [4.78, 5) is 13.7. The monoisotopic (exact) mass is 303 g/mol. The average Bonchev–Trinajstić information content (AvgIpc) is 3.22. The van der Waals surface area contributed by atoms with Gasteiger partial charge in [0.2, 0.25) is 0 Å². The van der Waals surface area contributed by atoms with Gasteiger partial charge in [0.25, 0.3) is 15.0 Å². The van der Waals surface area contributed by atoms with Gasteiger partial charge in [-0.25, -0.2) is 8.42 Å². The molecule has 2 aliphatic rings. The maximum Gasteiger partial charge on any atom is 0.275 e. The van der Waals surface area contributed by atoms with Gasteiger partial charge < -0.3 is 4.90 Å². The summed E-state index contributed by atoms with van der Waals surface area (Å²) in [5.41, 5.74) is 0.397. The number of carbonyl (C=O) groups excluding carboxylic acids is 1. The molecule has 6 nitrogen and oxygen atoms in total. The van der Waals surface area contributed by atoms with E-state index in [0.717, 1.165) is 25.7 Å². The molecule has 104 valence electrons. The van der Waals surface area contributed by atoms with Crippen molar-refractivity contribution in [1.82, 2.24) is 15.1 Å². The van der Waals surface area contributed by atoms with Gasteiger partial charge >= 0.3 is 0 Å². The van der Waals surface area contributed by atoms with Gasteiger partial charge in [0, 0.05) is 29.7 Å². The molecule has 1 N–H and O–H groups in total. The minimum atomic E-state index is -3.98. The van der Waals surface area contributed by atoms with Crippen LogP contribution in [0.15, 0.2) is 4.90 Å². The van der Waals surface area contributed by atoms with Crippen LogP contribution in [0.25, 0.3) is 0 Å². The van der Waals surface area contributed by atoms with Gasteiger partial charge in [-0.3, -0.25) is 9.89 Å². The standard InChI is InChI=1S/C11H14ClN3O3S/c1-15(7-4-5-7)11(16)9-10(19(12,17)18)8(13-14-9)6-2-3-6/h6-7H,2-5H2,1H3,(H,13,14). The molecular formula is C11H14ClN3O3S. The third-order valence-electron chi connectivity index (χ3n) is 3.59. The van der Waals surface area contributed by atoms with E-state index < -0.39 is 9.05 Å². The van der Waals surface area contributed by atoms with E-state index in [4.69, 9.17) is 10.7 Å². The lowest BCUT2D eigenvalue weighted by Crippen LogP contribution is -2.30. The van der Waals surface area contributed by atoms with Crippen LogP contribution >= 0.6 is 10.7 Å². The van der Waals surface area contributed by atoms with Crippen LogP contribution in [0, 0.1) is 0 Å². The Kier molecular flexibility index (Phi) is 2.86. The fourth-order valence-electron chi connectivity index (χ4n) is 2.18. The molecule has 1 aromatic heterocycles. The molecule has 8 heteroatoms. The Hall–Kier alpha value is -1.08. The van der Waals surface area contributed by atoms with Gasteiger partial charge in [0.1, 0.15) is 4.90 Å². The van der Waals surface area contributed by atoms with Crippen molar-refractivity contribution in [1.29, 1.82) is 0 Å². The fraction of sp³-hybridized carbons (Fsp3) is 0.636. The fourth-order valence-corrected chi connectivity index (χ4v) is 3.49. The number of carbonyl (C=O) groups is 1. The molecule has 1 amide bonds. The van der Waals surface area contributed by atoms with Crippen LogP contribution in [-0.2, 0) is 9.05 Å². The van der Waals surface area contributed by atoms with Crippen LogP contribution in [0.5, 0.6) is 0 Å². The molecule has 0 aliphatic heterocycles. The molecule has 1 heterocycles.